The van der Waals surface area contributed by atoms with E-state index in [1.807, 2.05) is 30.3 Å². The fourth-order valence-electron chi connectivity index (χ4n) is 1.90. The molecule has 5 heteroatoms. The van der Waals surface area contributed by atoms with Gasteiger partial charge in [-0.1, -0.05) is 30.3 Å². The van der Waals surface area contributed by atoms with E-state index in [9.17, 15) is 14.9 Å². The molecule has 0 atom stereocenters. The van der Waals surface area contributed by atoms with Crippen LogP contribution in [0.5, 0.6) is 0 Å². The lowest BCUT2D eigenvalue weighted by molar-refractivity contribution is -0.385. The number of nitro groups is 1. The lowest BCUT2D eigenvalue weighted by atomic mass is 10.0. The average Bonchev–Trinajstić information content (AvgIpc) is 2.38. The van der Waals surface area contributed by atoms with E-state index in [2.05, 4.69) is 0 Å². The highest BCUT2D eigenvalue weighted by Gasteiger charge is 2.16. The monoisotopic (exact) mass is 256 g/mol. The summed E-state index contributed by atoms with van der Waals surface area (Å²) in [6.07, 6.45) is -0.142. The van der Waals surface area contributed by atoms with Crippen molar-refractivity contribution >= 4 is 11.6 Å². The molecule has 0 aromatic heterocycles. The topological polar surface area (TPSA) is 86.2 Å². The number of hydrogen-bond donors (Lipinski definition) is 1. The van der Waals surface area contributed by atoms with Crippen molar-refractivity contribution < 1.29 is 9.72 Å². The van der Waals surface area contributed by atoms with E-state index in [4.69, 9.17) is 5.73 Å². The molecule has 0 aliphatic carbocycles. The highest BCUT2D eigenvalue weighted by molar-refractivity contribution is 5.79. The number of carbonyl (C=O) groups is 1. The van der Waals surface area contributed by atoms with Crippen LogP contribution >= 0.6 is 0 Å². The first kappa shape index (κ1) is 12.8. The van der Waals surface area contributed by atoms with E-state index in [1.54, 1.807) is 12.1 Å². The third-order valence-electron chi connectivity index (χ3n) is 2.75. The minimum atomic E-state index is -0.590. The van der Waals surface area contributed by atoms with E-state index >= 15 is 0 Å². The normalized spacial score (nSPS) is 10.1. The van der Waals surface area contributed by atoms with E-state index in [0.717, 1.165) is 11.1 Å². The summed E-state index contributed by atoms with van der Waals surface area (Å²) in [6.45, 7) is 0. The maximum atomic E-state index is 11.0. The van der Waals surface area contributed by atoms with Crippen molar-refractivity contribution in [3.05, 3.63) is 64.2 Å². The van der Waals surface area contributed by atoms with Crippen molar-refractivity contribution in [1.29, 1.82) is 0 Å². The smallest absolute Gasteiger partial charge is 0.273 e. The predicted molar refractivity (Wildman–Crippen MR) is 71.4 cm³/mol. The summed E-state index contributed by atoms with van der Waals surface area (Å²) in [6, 6.07) is 14.1. The summed E-state index contributed by atoms with van der Waals surface area (Å²) < 4.78 is 0. The van der Waals surface area contributed by atoms with Gasteiger partial charge in [-0.25, -0.2) is 0 Å². The zero-order valence-electron chi connectivity index (χ0n) is 10.1. The van der Waals surface area contributed by atoms with Crippen LogP contribution in [0.4, 0.5) is 5.69 Å². The minimum absolute atomic E-state index is 0.0847. The Morgan fingerprint density at radius 1 is 1.11 bits per heavy atom. The van der Waals surface area contributed by atoms with Crippen molar-refractivity contribution in [1.82, 2.24) is 0 Å². The first-order valence-electron chi connectivity index (χ1n) is 5.69. The summed E-state index contributed by atoms with van der Waals surface area (Å²) >= 11 is 0. The molecule has 0 spiro atoms. The third kappa shape index (κ3) is 2.95. The molecule has 0 saturated heterocycles. The van der Waals surface area contributed by atoms with E-state index in [1.165, 1.54) is 6.07 Å². The van der Waals surface area contributed by atoms with Crippen LogP contribution in [-0.2, 0) is 11.2 Å². The maximum absolute atomic E-state index is 11.0. The molecule has 5 nitrogen and oxygen atoms in total. The largest absolute Gasteiger partial charge is 0.369 e. The van der Waals surface area contributed by atoms with Crippen molar-refractivity contribution in [2.75, 3.05) is 0 Å². The summed E-state index contributed by atoms with van der Waals surface area (Å²) in [7, 11) is 0. The molecule has 2 aromatic rings. The highest BCUT2D eigenvalue weighted by Crippen LogP contribution is 2.26. The lowest BCUT2D eigenvalue weighted by Crippen LogP contribution is -2.14. The number of nitrogens with zero attached hydrogens (tertiary/aromatic N) is 1. The second-order valence-electron chi connectivity index (χ2n) is 4.11. The van der Waals surface area contributed by atoms with Crippen LogP contribution in [-0.4, -0.2) is 10.8 Å². The molecular formula is C14H12N2O3. The first-order chi connectivity index (χ1) is 9.08. The molecule has 0 saturated carbocycles. The third-order valence-corrected chi connectivity index (χ3v) is 2.75. The number of nitrogens with two attached hydrogens (primary N) is 1. The van der Waals surface area contributed by atoms with Gasteiger partial charge in [0, 0.05) is 11.6 Å². The first-order valence-corrected chi connectivity index (χ1v) is 5.69. The Balaban J connectivity index is 2.49. The molecule has 1 amide bonds. The van der Waals surface area contributed by atoms with Crippen LogP contribution in [0, 0.1) is 10.1 Å². The molecule has 19 heavy (non-hydrogen) atoms. The molecule has 0 aliphatic rings. The molecule has 2 aromatic carbocycles. The minimum Gasteiger partial charge on any atom is -0.369 e. The van der Waals surface area contributed by atoms with E-state index in [0.29, 0.717) is 5.56 Å². The Bertz CT molecular complexity index is 624. The number of rotatable bonds is 4. The van der Waals surface area contributed by atoms with Gasteiger partial charge in [0.05, 0.1) is 11.3 Å². The van der Waals surface area contributed by atoms with Crippen LogP contribution in [0.25, 0.3) is 11.1 Å². The van der Waals surface area contributed by atoms with Gasteiger partial charge in [0.25, 0.3) is 5.69 Å². The Labute approximate surface area is 109 Å². The van der Waals surface area contributed by atoms with Crippen molar-refractivity contribution in [2.45, 2.75) is 6.42 Å². The Kier molecular flexibility index (Phi) is 3.56. The molecule has 0 heterocycles. The Morgan fingerprint density at radius 2 is 1.79 bits per heavy atom. The van der Waals surface area contributed by atoms with Gasteiger partial charge in [0.1, 0.15) is 0 Å². The number of benzene rings is 2. The van der Waals surface area contributed by atoms with Gasteiger partial charge in [-0.05, 0) is 23.3 Å². The highest BCUT2D eigenvalue weighted by atomic mass is 16.6. The van der Waals surface area contributed by atoms with Crippen molar-refractivity contribution in [2.24, 2.45) is 5.73 Å². The summed E-state index contributed by atoms with van der Waals surface area (Å²) in [5.74, 6) is -0.590. The molecule has 0 radical (unpaired) electrons. The molecule has 96 valence electrons. The second kappa shape index (κ2) is 5.30. The SMILES string of the molecule is NC(=O)Cc1cc(-c2ccccc2)ccc1[N+](=O)[O-]. The molecule has 0 fully saturated rings. The van der Waals surface area contributed by atoms with Gasteiger partial charge >= 0.3 is 0 Å². The van der Waals surface area contributed by atoms with Crippen LogP contribution in [0.2, 0.25) is 0 Å². The summed E-state index contributed by atoms with van der Waals surface area (Å²) in [5, 5.41) is 10.9. The maximum Gasteiger partial charge on any atom is 0.273 e. The Hall–Kier alpha value is -2.69. The number of carbonyl (C=O) groups excluding carboxylic acids is 1. The van der Waals surface area contributed by atoms with Gasteiger partial charge in [0.15, 0.2) is 0 Å². The number of amides is 1. The van der Waals surface area contributed by atoms with Gasteiger partial charge in [-0.3, -0.25) is 14.9 Å². The molecule has 0 unspecified atom stereocenters. The van der Waals surface area contributed by atoms with E-state index in [-0.39, 0.29) is 12.1 Å². The van der Waals surface area contributed by atoms with Gasteiger partial charge < -0.3 is 5.73 Å². The summed E-state index contributed by atoms with van der Waals surface area (Å²) in [5.41, 5.74) is 7.12. The standard InChI is InChI=1S/C14H12N2O3/c15-14(17)9-12-8-11(6-7-13(12)16(18)19)10-4-2-1-3-5-10/h1-8H,9H2,(H2,15,17). The number of primary amides is 1. The Morgan fingerprint density at radius 3 is 2.37 bits per heavy atom. The predicted octanol–water partition coefficient (Wildman–Crippen LogP) is 2.29. The van der Waals surface area contributed by atoms with Crippen LogP contribution < -0.4 is 5.73 Å². The van der Waals surface area contributed by atoms with Gasteiger partial charge in [0.2, 0.25) is 5.91 Å². The van der Waals surface area contributed by atoms with Crippen LogP contribution in [0.3, 0.4) is 0 Å². The zero-order chi connectivity index (χ0) is 13.8. The summed E-state index contributed by atoms with van der Waals surface area (Å²) in [4.78, 5) is 21.4. The number of nitro benzene ring substituents is 1. The van der Waals surface area contributed by atoms with Crippen LogP contribution in [0.15, 0.2) is 48.5 Å². The molecular weight excluding hydrogens is 244 g/mol. The molecule has 0 aliphatic heterocycles. The van der Waals surface area contributed by atoms with Crippen molar-refractivity contribution in [3.8, 4) is 11.1 Å². The van der Waals surface area contributed by atoms with Gasteiger partial charge in [-0.15, -0.1) is 0 Å². The van der Waals surface area contributed by atoms with Crippen LogP contribution in [0.1, 0.15) is 5.56 Å². The molecule has 0 bridgehead atoms. The number of hydrogen-bond acceptors (Lipinski definition) is 3. The van der Waals surface area contributed by atoms with Gasteiger partial charge in [-0.2, -0.15) is 0 Å². The zero-order valence-corrected chi connectivity index (χ0v) is 10.1. The lowest BCUT2D eigenvalue weighted by Gasteiger charge is -2.05. The average molecular weight is 256 g/mol. The molecule has 2 rings (SSSR count). The quantitative estimate of drug-likeness (QED) is 0.672. The molecule has 2 N–H and O–H groups in total. The van der Waals surface area contributed by atoms with E-state index < -0.39 is 10.8 Å². The van der Waals surface area contributed by atoms with Crippen molar-refractivity contribution in [3.63, 3.8) is 0 Å². The fourth-order valence-corrected chi connectivity index (χ4v) is 1.90. The second-order valence-corrected chi connectivity index (χ2v) is 4.11. The fraction of sp³-hybridized carbons (Fsp3) is 0.0714.